The van der Waals surface area contributed by atoms with Crippen molar-refractivity contribution < 1.29 is 9.53 Å². The third-order valence-corrected chi connectivity index (χ3v) is 7.95. The Morgan fingerprint density at radius 2 is 1.79 bits per heavy atom. The number of hydrogen-bond donors (Lipinski definition) is 1. The van der Waals surface area contributed by atoms with Gasteiger partial charge in [0.2, 0.25) is 0 Å². The molecule has 0 aliphatic carbocycles. The average Bonchev–Trinajstić information content (AvgIpc) is 3.43. The second-order valence-electron chi connectivity index (χ2n) is 8.14. The zero-order valence-electron chi connectivity index (χ0n) is 19.6. The van der Waals surface area contributed by atoms with Crippen molar-refractivity contribution in [1.29, 1.82) is 0 Å². The topological polar surface area (TPSA) is 74.0 Å². The number of benzene rings is 1. The van der Waals surface area contributed by atoms with Crippen LogP contribution >= 0.6 is 38.9 Å². The standard InChI is InChI=1S/C24H25BrClN5O2S/c1-13-8-19(26)6-7-20(13)33-10-18-9-21(34-11-18)24(32)27-23-15(3)29-31(17(23)5)12-30-16(4)22(25)14(2)28-30/h6-9,11H,10,12H2,1-5H3,(H,27,32). The number of carbonyl (C=O) groups is 1. The Hall–Kier alpha value is -2.62. The van der Waals surface area contributed by atoms with Crippen LogP contribution in [0.25, 0.3) is 0 Å². The maximum atomic E-state index is 13.0. The number of thiophene rings is 1. The molecule has 0 radical (unpaired) electrons. The summed E-state index contributed by atoms with van der Waals surface area (Å²) in [5, 5.41) is 14.8. The summed E-state index contributed by atoms with van der Waals surface area (Å²) < 4.78 is 10.6. The molecule has 0 aliphatic rings. The predicted octanol–water partition coefficient (Wildman–Crippen LogP) is 6.44. The molecule has 34 heavy (non-hydrogen) atoms. The summed E-state index contributed by atoms with van der Waals surface area (Å²) in [6.45, 7) is 10.6. The Bertz CT molecular complexity index is 1370. The molecule has 1 aromatic carbocycles. The van der Waals surface area contributed by atoms with Crippen LogP contribution in [0.1, 0.15) is 43.6 Å². The Morgan fingerprint density at radius 1 is 1.09 bits per heavy atom. The van der Waals surface area contributed by atoms with Crippen LogP contribution < -0.4 is 10.1 Å². The molecule has 3 heterocycles. The van der Waals surface area contributed by atoms with Crippen LogP contribution in [0.2, 0.25) is 5.02 Å². The highest BCUT2D eigenvalue weighted by Gasteiger charge is 2.18. The van der Waals surface area contributed by atoms with E-state index >= 15 is 0 Å². The molecule has 0 aliphatic heterocycles. The van der Waals surface area contributed by atoms with Gasteiger partial charge in [-0.15, -0.1) is 11.3 Å². The third-order valence-electron chi connectivity index (χ3n) is 5.59. The smallest absolute Gasteiger partial charge is 0.265 e. The molecule has 0 spiro atoms. The lowest BCUT2D eigenvalue weighted by Crippen LogP contribution is -2.15. The summed E-state index contributed by atoms with van der Waals surface area (Å²) >= 11 is 11.0. The zero-order chi connectivity index (χ0) is 24.6. The maximum Gasteiger partial charge on any atom is 0.265 e. The van der Waals surface area contributed by atoms with Gasteiger partial charge in [-0.05, 0) is 85.8 Å². The van der Waals surface area contributed by atoms with Gasteiger partial charge in [0.15, 0.2) is 0 Å². The van der Waals surface area contributed by atoms with Gasteiger partial charge in [0.1, 0.15) is 19.0 Å². The number of aromatic nitrogens is 4. The first-order chi connectivity index (χ1) is 16.1. The van der Waals surface area contributed by atoms with E-state index in [2.05, 4.69) is 31.4 Å². The molecule has 0 atom stereocenters. The van der Waals surface area contributed by atoms with Crippen LogP contribution in [-0.4, -0.2) is 25.5 Å². The first kappa shape index (κ1) is 24.5. The van der Waals surface area contributed by atoms with Crippen LogP contribution in [0.15, 0.2) is 34.1 Å². The molecule has 4 aromatic rings. The second-order valence-corrected chi connectivity index (χ2v) is 10.3. The van der Waals surface area contributed by atoms with Crippen LogP contribution in [0.3, 0.4) is 0 Å². The predicted molar refractivity (Wildman–Crippen MR) is 139 cm³/mol. The first-order valence-electron chi connectivity index (χ1n) is 10.6. The summed E-state index contributed by atoms with van der Waals surface area (Å²) in [5.74, 6) is 0.605. The number of carbonyl (C=O) groups excluding carboxylic acids is 1. The van der Waals surface area contributed by atoms with Crippen LogP contribution in [0, 0.1) is 34.6 Å². The van der Waals surface area contributed by atoms with Gasteiger partial charge in [-0.2, -0.15) is 10.2 Å². The summed E-state index contributed by atoms with van der Waals surface area (Å²) in [7, 11) is 0. The summed E-state index contributed by atoms with van der Waals surface area (Å²) in [5.41, 5.74) is 6.19. The fourth-order valence-corrected chi connectivity index (χ4v) is 4.94. The van der Waals surface area contributed by atoms with Crippen molar-refractivity contribution in [2.24, 2.45) is 0 Å². The van der Waals surface area contributed by atoms with Crippen molar-refractivity contribution in [3.63, 3.8) is 0 Å². The lowest BCUT2D eigenvalue weighted by molar-refractivity contribution is 0.103. The van der Waals surface area contributed by atoms with Crippen molar-refractivity contribution in [3.8, 4) is 5.75 Å². The molecule has 0 saturated heterocycles. The van der Waals surface area contributed by atoms with Gasteiger partial charge < -0.3 is 10.1 Å². The molecule has 0 saturated carbocycles. The molecule has 3 aromatic heterocycles. The number of amides is 1. The van der Waals surface area contributed by atoms with Gasteiger partial charge in [0.05, 0.1) is 37.8 Å². The van der Waals surface area contributed by atoms with Gasteiger partial charge in [-0.1, -0.05) is 11.6 Å². The molecule has 178 valence electrons. The van der Waals surface area contributed by atoms with Crippen LogP contribution in [0.4, 0.5) is 5.69 Å². The number of ether oxygens (including phenoxy) is 1. The Morgan fingerprint density at radius 3 is 2.47 bits per heavy atom. The number of nitrogens with zero attached hydrogens (tertiary/aromatic N) is 4. The number of nitrogens with one attached hydrogen (secondary N) is 1. The molecule has 0 unspecified atom stereocenters. The minimum Gasteiger partial charge on any atom is -0.489 e. The molecule has 1 N–H and O–H groups in total. The van der Waals surface area contributed by atoms with E-state index in [0.29, 0.717) is 28.9 Å². The van der Waals surface area contributed by atoms with E-state index in [9.17, 15) is 4.79 Å². The van der Waals surface area contributed by atoms with Gasteiger partial charge in [-0.25, -0.2) is 9.36 Å². The molecule has 7 nitrogen and oxygen atoms in total. The van der Waals surface area contributed by atoms with E-state index in [1.54, 1.807) is 6.07 Å². The monoisotopic (exact) mass is 561 g/mol. The Labute approximate surface area is 215 Å². The van der Waals surface area contributed by atoms with E-state index in [1.807, 2.05) is 67.6 Å². The van der Waals surface area contributed by atoms with Crippen molar-refractivity contribution in [1.82, 2.24) is 19.6 Å². The highest BCUT2D eigenvalue weighted by atomic mass is 79.9. The highest BCUT2D eigenvalue weighted by Crippen LogP contribution is 2.26. The average molecular weight is 563 g/mol. The van der Waals surface area contributed by atoms with E-state index in [1.165, 1.54) is 11.3 Å². The zero-order valence-corrected chi connectivity index (χ0v) is 22.7. The van der Waals surface area contributed by atoms with Gasteiger partial charge in [-0.3, -0.25) is 4.79 Å². The van der Waals surface area contributed by atoms with Gasteiger partial charge >= 0.3 is 0 Å². The van der Waals surface area contributed by atoms with Gasteiger partial charge in [0, 0.05) is 10.6 Å². The summed E-state index contributed by atoms with van der Waals surface area (Å²) in [6, 6.07) is 7.37. The number of halogens is 2. The van der Waals surface area contributed by atoms with E-state index in [-0.39, 0.29) is 5.91 Å². The van der Waals surface area contributed by atoms with E-state index in [0.717, 1.165) is 44.1 Å². The van der Waals surface area contributed by atoms with E-state index < -0.39 is 0 Å². The third kappa shape index (κ3) is 5.06. The molecular formula is C24H25BrClN5O2S. The second kappa shape index (κ2) is 9.93. The summed E-state index contributed by atoms with van der Waals surface area (Å²) in [4.78, 5) is 13.6. The normalized spacial score (nSPS) is 11.1. The first-order valence-corrected chi connectivity index (χ1v) is 12.7. The van der Waals surface area contributed by atoms with Crippen molar-refractivity contribution in [2.45, 2.75) is 47.9 Å². The minimum atomic E-state index is -0.168. The lowest BCUT2D eigenvalue weighted by Gasteiger charge is -2.08. The molecule has 10 heteroatoms. The SMILES string of the molecule is Cc1cc(Cl)ccc1OCc1csc(C(=O)Nc2c(C)nn(Cn3nc(C)c(Br)c3C)c2C)c1. The minimum absolute atomic E-state index is 0.168. The Balaban J connectivity index is 1.44. The highest BCUT2D eigenvalue weighted by molar-refractivity contribution is 9.10. The van der Waals surface area contributed by atoms with E-state index in [4.69, 9.17) is 16.3 Å². The number of hydrogen-bond acceptors (Lipinski definition) is 5. The van der Waals surface area contributed by atoms with Crippen molar-refractivity contribution in [2.75, 3.05) is 5.32 Å². The Kier molecular flexibility index (Phi) is 7.16. The fourth-order valence-electron chi connectivity index (χ4n) is 3.64. The van der Waals surface area contributed by atoms with Crippen molar-refractivity contribution in [3.05, 3.63) is 77.9 Å². The lowest BCUT2D eigenvalue weighted by atomic mass is 10.2. The van der Waals surface area contributed by atoms with Crippen LogP contribution in [0.5, 0.6) is 5.75 Å². The fraction of sp³-hybridized carbons (Fsp3) is 0.292. The quantitative estimate of drug-likeness (QED) is 0.281. The van der Waals surface area contributed by atoms with Gasteiger partial charge in [0.25, 0.3) is 5.91 Å². The molecule has 4 rings (SSSR count). The molecule has 0 bridgehead atoms. The molecular weight excluding hydrogens is 538 g/mol. The maximum absolute atomic E-state index is 13.0. The van der Waals surface area contributed by atoms with Crippen molar-refractivity contribution >= 4 is 50.5 Å². The molecule has 0 fully saturated rings. The summed E-state index contributed by atoms with van der Waals surface area (Å²) in [6.07, 6.45) is 0. The number of aryl methyl sites for hydroxylation is 3. The number of rotatable bonds is 7. The number of anilines is 1. The molecule has 1 amide bonds. The largest absolute Gasteiger partial charge is 0.489 e. The van der Waals surface area contributed by atoms with Crippen LogP contribution in [-0.2, 0) is 13.3 Å².